The molecule has 1 aromatic carbocycles. The maximum absolute atomic E-state index is 10.1. The van der Waals surface area contributed by atoms with Crippen LogP contribution in [0.25, 0.3) is 0 Å². The van der Waals surface area contributed by atoms with Crippen molar-refractivity contribution >= 4 is 11.3 Å². The van der Waals surface area contributed by atoms with Crippen molar-refractivity contribution in [3.05, 3.63) is 45.9 Å². The Morgan fingerprint density at radius 2 is 2.19 bits per heavy atom. The average molecular weight is 306 g/mol. The number of nitrogens with zero attached hydrogens (tertiary/aromatic N) is 2. The molecule has 0 spiro atoms. The molecule has 0 radical (unpaired) electrons. The quantitative estimate of drug-likeness (QED) is 0.854. The number of benzene rings is 1. The van der Waals surface area contributed by atoms with Crippen LogP contribution < -0.4 is 4.74 Å². The highest BCUT2D eigenvalue weighted by molar-refractivity contribution is 7.09. The summed E-state index contributed by atoms with van der Waals surface area (Å²) in [5, 5.41) is 13.1. The molecule has 4 nitrogen and oxygen atoms in total. The predicted molar refractivity (Wildman–Crippen MR) is 85.9 cm³/mol. The third-order valence-corrected chi connectivity index (χ3v) is 3.94. The van der Waals surface area contributed by atoms with Crippen molar-refractivity contribution in [1.29, 1.82) is 0 Å². The fraction of sp³-hybridized carbons (Fsp3) is 0.438. The maximum atomic E-state index is 10.1. The largest absolute Gasteiger partial charge is 0.491 e. The standard InChI is InChI=1S/C16H22N2O2S/c1-12-4-5-15(13(2)8-12)20-11-14(19)9-18(3)10-16-17-6-7-21-16/h4-8,14,19H,9-11H2,1-3H3. The van der Waals surface area contributed by atoms with E-state index >= 15 is 0 Å². The first-order valence-electron chi connectivity index (χ1n) is 6.99. The van der Waals surface area contributed by atoms with Gasteiger partial charge in [0.2, 0.25) is 0 Å². The third-order valence-electron chi connectivity index (χ3n) is 3.17. The Morgan fingerprint density at radius 1 is 1.38 bits per heavy atom. The highest BCUT2D eigenvalue weighted by atomic mass is 32.1. The molecule has 0 aliphatic heterocycles. The molecule has 0 saturated carbocycles. The van der Waals surface area contributed by atoms with Crippen molar-refractivity contribution in [1.82, 2.24) is 9.88 Å². The van der Waals surface area contributed by atoms with E-state index in [9.17, 15) is 5.11 Å². The number of aromatic nitrogens is 1. The minimum atomic E-state index is -0.518. The summed E-state index contributed by atoms with van der Waals surface area (Å²) in [6, 6.07) is 6.05. The van der Waals surface area contributed by atoms with Crippen LogP contribution in [0.4, 0.5) is 0 Å². The van der Waals surface area contributed by atoms with E-state index in [1.807, 2.05) is 31.5 Å². The van der Waals surface area contributed by atoms with Crippen LogP contribution >= 0.6 is 11.3 Å². The molecule has 0 aliphatic rings. The van der Waals surface area contributed by atoms with Gasteiger partial charge >= 0.3 is 0 Å². The Bertz CT molecular complexity index is 557. The van der Waals surface area contributed by atoms with Gasteiger partial charge in [-0.25, -0.2) is 4.98 Å². The first kappa shape index (κ1) is 15.9. The van der Waals surface area contributed by atoms with Crippen LogP contribution in [0.2, 0.25) is 0 Å². The predicted octanol–water partition coefficient (Wildman–Crippen LogP) is 2.63. The normalized spacial score (nSPS) is 12.6. The smallest absolute Gasteiger partial charge is 0.122 e. The number of rotatable bonds is 7. The monoisotopic (exact) mass is 306 g/mol. The van der Waals surface area contributed by atoms with Crippen molar-refractivity contribution < 1.29 is 9.84 Å². The van der Waals surface area contributed by atoms with Gasteiger partial charge in [0, 0.05) is 18.1 Å². The second kappa shape index (κ2) is 7.54. The molecular formula is C16H22N2O2S. The van der Waals surface area contributed by atoms with Gasteiger partial charge in [0.25, 0.3) is 0 Å². The Labute approximate surface area is 130 Å². The summed E-state index contributed by atoms with van der Waals surface area (Å²) < 4.78 is 5.70. The van der Waals surface area contributed by atoms with Gasteiger partial charge in [-0.2, -0.15) is 0 Å². The van der Waals surface area contributed by atoms with Crippen LogP contribution in [-0.2, 0) is 6.54 Å². The molecule has 114 valence electrons. The lowest BCUT2D eigenvalue weighted by Crippen LogP contribution is -2.32. The van der Waals surface area contributed by atoms with E-state index in [0.29, 0.717) is 13.2 Å². The highest BCUT2D eigenvalue weighted by Gasteiger charge is 2.11. The lowest BCUT2D eigenvalue weighted by molar-refractivity contribution is 0.0741. The summed E-state index contributed by atoms with van der Waals surface area (Å²) in [5.74, 6) is 0.835. The summed E-state index contributed by atoms with van der Waals surface area (Å²) in [6.07, 6.45) is 1.28. The van der Waals surface area contributed by atoms with E-state index in [0.717, 1.165) is 22.9 Å². The van der Waals surface area contributed by atoms with Gasteiger partial charge in [-0.1, -0.05) is 17.7 Å². The molecule has 1 N–H and O–H groups in total. The summed E-state index contributed by atoms with van der Waals surface area (Å²) in [6.45, 7) is 5.68. The molecule has 21 heavy (non-hydrogen) atoms. The molecule has 1 aromatic heterocycles. The Kier molecular flexibility index (Phi) is 5.73. The molecule has 0 fully saturated rings. The van der Waals surface area contributed by atoms with E-state index in [1.165, 1.54) is 5.56 Å². The first-order valence-corrected chi connectivity index (χ1v) is 7.87. The number of aliphatic hydroxyl groups excluding tert-OH is 1. The SMILES string of the molecule is Cc1ccc(OCC(O)CN(C)Cc2nccs2)c(C)c1. The molecule has 2 rings (SSSR count). The van der Waals surface area contributed by atoms with Gasteiger partial charge < -0.3 is 9.84 Å². The van der Waals surface area contributed by atoms with E-state index in [1.54, 1.807) is 17.5 Å². The van der Waals surface area contributed by atoms with Gasteiger partial charge in [-0.3, -0.25) is 4.90 Å². The topological polar surface area (TPSA) is 45.6 Å². The Hall–Kier alpha value is -1.43. The van der Waals surface area contributed by atoms with Crippen molar-refractivity contribution in [2.45, 2.75) is 26.5 Å². The van der Waals surface area contributed by atoms with Crippen LogP contribution in [0.15, 0.2) is 29.8 Å². The molecule has 0 aliphatic carbocycles. The van der Waals surface area contributed by atoms with E-state index in [4.69, 9.17) is 4.74 Å². The number of hydrogen-bond acceptors (Lipinski definition) is 5. The number of thiazole rings is 1. The molecule has 0 saturated heterocycles. The van der Waals surface area contributed by atoms with Gasteiger partial charge in [-0.15, -0.1) is 11.3 Å². The fourth-order valence-electron chi connectivity index (χ4n) is 2.19. The van der Waals surface area contributed by atoms with Crippen LogP contribution in [0.3, 0.4) is 0 Å². The lowest BCUT2D eigenvalue weighted by atomic mass is 10.1. The van der Waals surface area contributed by atoms with Crippen molar-refractivity contribution in [2.24, 2.45) is 0 Å². The Morgan fingerprint density at radius 3 is 2.86 bits per heavy atom. The van der Waals surface area contributed by atoms with E-state index in [2.05, 4.69) is 22.9 Å². The molecular weight excluding hydrogens is 284 g/mol. The van der Waals surface area contributed by atoms with Gasteiger partial charge in [-0.05, 0) is 32.5 Å². The number of ether oxygens (including phenoxy) is 1. The van der Waals surface area contributed by atoms with Gasteiger partial charge in [0.15, 0.2) is 0 Å². The second-order valence-corrected chi connectivity index (χ2v) is 6.34. The summed E-state index contributed by atoms with van der Waals surface area (Å²) in [4.78, 5) is 6.29. The Balaban J connectivity index is 1.77. The fourth-order valence-corrected chi connectivity index (χ4v) is 2.88. The second-order valence-electron chi connectivity index (χ2n) is 5.36. The summed E-state index contributed by atoms with van der Waals surface area (Å²) in [7, 11) is 1.97. The molecule has 1 unspecified atom stereocenters. The highest BCUT2D eigenvalue weighted by Crippen LogP contribution is 2.18. The zero-order valence-electron chi connectivity index (χ0n) is 12.7. The van der Waals surface area contributed by atoms with Crippen LogP contribution in [0.5, 0.6) is 5.75 Å². The molecule has 1 heterocycles. The minimum absolute atomic E-state index is 0.298. The van der Waals surface area contributed by atoms with Crippen molar-refractivity contribution in [2.75, 3.05) is 20.2 Å². The minimum Gasteiger partial charge on any atom is -0.491 e. The summed E-state index contributed by atoms with van der Waals surface area (Å²) >= 11 is 1.63. The summed E-state index contributed by atoms with van der Waals surface area (Å²) in [5.41, 5.74) is 2.31. The van der Waals surface area contributed by atoms with E-state index < -0.39 is 6.10 Å². The number of aliphatic hydroxyl groups is 1. The molecule has 2 aromatic rings. The van der Waals surface area contributed by atoms with Crippen molar-refractivity contribution in [3.63, 3.8) is 0 Å². The van der Waals surface area contributed by atoms with Crippen molar-refractivity contribution in [3.8, 4) is 5.75 Å². The van der Waals surface area contributed by atoms with Gasteiger partial charge in [0.1, 0.15) is 23.5 Å². The zero-order chi connectivity index (χ0) is 15.2. The number of likely N-dealkylation sites (N-methyl/N-ethyl adjacent to an activating group) is 1. The van der Waals surface area contributed by atoms with Gasteiger partial charge in [0.05, 0.1) is 6.54 Å². The number of hydrogen-bond donors (Lipinski definition) is 1. The number of aryl methyl sites for hydroxylation is 2. The molecule has 0 amide bonds. The lowest BCUT2D eigenvalue weighted by Gasteiger charge is -2.20. The van der Waals surface area contributed by atoms with Crippen LogP contribution in [0.1, 0.15) is 16.1 Å². The van der Waals surface area contributed by atoms with E-state index in [-0.39, 0.29) is 0 Å². The molecule has 0 bridgehead atoms. The van der Waals surface area contributed by atoms with Crippen LogP contribution in [-0.4, -0.2) is 41.3 Å². The third kappa shape index (κ3) is 5.12. The first-order chi connectivity index (χ1) is 10.0. The average Bonchev–Trinajstić information content (AvgIpc) is 2.90. The molecule has 5 heteroatoms. The zero-order valence-corrected chi connectivity index (χ0v) is 13.6. The van der Waals surface area contributed by atoms with Crippen LogP contribution in [0, 0.1) is 13.8 Å². The molecule has 1 atom stereocenters. The maximum Gasteiger partial charge on any atom is 0.122 e.